The van der Waals surface area contributed by atoms with Gasteiger partial charge in [0.1, 0.15) is 18.9 Å². The Kier molecular flexibility index (Phi) is 6.17. The molecule has 0 bridgehead atoms. The van der Waals surface area contributed by atoms with E-state index in [0.29, 0.717) is 5.75 Å². The van der Waals surface area contributed by atoms with Gasteiger partial charge in [-0.05, 0) is 24.6 Å². The van der Waals surface area contributed by atoms with Crippen LogP contribution in [-0.2, 0) is 20.9 Å². The molecule has 0 radical (unpaired) electrons. The maximum absolute atomic E-state index is 11.6. The summed E-state index contributed by atoms with van der Waals surface area (Å²) in [6.07, 6.45) is 0. The largest absolute Gasteiger partial charge is 0.484 e. The monoisotopic (exact) mass is 313 g/mol. The van der Waals surface area contributed by atoms with Gasteiger partial charge >= 0.3 is 5.97 Å². The van der Waals surface area contributed by atoms with E-state index in [1.165, 1.54) is 0 Å². The number of carbonyl (C=O) groups excluding carboxylic acids is 2. The standard InChI is InChI=1S/C18H19NO4/c1-14-7-9-15(10-8-14)12-23-18(21)11-19-17(20)13-22-16-5-3-2-4-6-16/h2-10H,11-13H2,1H3,(H,19,20). The molecule has 0 aliphatic rings. The minimum Gasteiger partial charge on any atom is -0.484 e. The molecule has 120 valence electrons. The highest BCUT2D eigenvalue weighted by atomic mass is 16.5. The molecule has 1 N–H and O–H groups in total. The van der Waals surface area contributed by atoms with Gasteiger partial charge in [-0.25, -0.2) is 0 Å². The number of esters is 1. The van der Waals surface area contributed by atoms with Crippen LogP contribution in [0.4, 0.5) is 0 Å². The van der Waals surface area contributed by atoms with Gasteiger partial charge in [0, 0.05) is 0 Å². The van der Waals surface area contributed by atoms with Crippen molar-refractivity contribution >= 4 is 11.9 Å². The van der Waals surface area contributed by atoms with E-state index in [1.807, 2.05) is 49.4 Å². The highest BCUT2D eigenvalue weighted by Gasteiger charge is 2.07. The lowest BCUT2D eigenvalue weighted by Gasteiger charge is -2.08. The molecule has 0 saturated carbocycles. The van der Waals surface area contributed by atoms with Gasteiger partial charge in [0.15, 0.2) is 6.61 Å². The molecular formula is C18H19NO4. The van der Waals surface area contributed by atoms with Crippen LogP contribution in [0.5, 0.6) is 5.75 Å². The molecule has 0 saturated heterocycles. The second kappa shape index (κ2) is 8.58. The van der Waals surface area contributed by atoms with Crippen LogP contribution in [0.3, 0.4) is 0 Å². The van der Waals surface area contributed by atoms with Crippen molar-refractivity contribution in [2.24, 2.45) is 0 Å². The molecule has 0 atom stereocenters. The molecule has 5 heteroatoms. The summed E-state index contributed by atoms with van der Waals surface area (Å²) in [5.41, 5.74) is 2.05. The van der Waals surface area contributed by atoms with Crippen LogP contribution >= 0.6 is 0 Å². The first-order valence-electron chi connectivity index (χ1n) is 7.29. The first-order valence-corrected chi connectivity index (χ1v) is 7.29. The summed E-state index contributed by atoms with van der Waals surface area (Å²) in [5, 5.41) is 2.46. The maximum atomic E-state index is 11.6. The number of carbonyl (C=O) groups is 2. The number of rotatable bonds is 7. The SMILES string of the molecule is Cc1ccc(COC(=O)CNC(=O)COc2ccccc2)cc1. The average Bonchev–Trinajstić information content (AvgIpc) is 2.58. The van der Waals surface area contributed by atoms with E-state index in [-0.39, 0.29) is 25.7 Å². The summed E-state index contributed by atoms with van der Waals surface area (Å²) < 4.78 is 10.4. The molecule has 0 heterocycles. The Labute approximate surface area is 135 Å². The van der Waals surface area contributed by atoms with E-state index >= 15 is 0 Å². The number of aryl methyl sites for hydroxylation is 1. The van der Waals surface area contributed by atoms with E-state index < -0.39 is 5.97 Å². The lowest BCUT2D eigenvalue weighted by Crippen LogP contribution is -2.34. The fourth-order valence-corrected chi connectivity index (χ4v) is 1.79. The molecule has 0 aliphatic carbocycles. The predicted octanol–water partition coefficient (Wildman–Crippen LogP) is 2.23. The van der Waals surface area contributed by atoms with Crippen molar-refractivity contribution in [3.05, 3.63) is 65.7 Å². The quantitative estimate of drug-likeness (QED) is 0.796. The number of nitrogens with one attached hydrogen (secondary N) is 1. The number of benzene rings is 2. The highest BCUT2D eigenvalue weighted by molar-refractivity contribution is 5.82. The minimum absolute atomic E-state index is 0.144. The molecule has 5 nitrogen and oxygen atoms in total. The maximum Gasteiger partial charge on any atom is 0.325 e. The molecule has 2 aromatic carbocycles. The molecule has 2 aromatic rings. The Balaban J connectivity index is 1.63. The van der Waals surface area contributed by atoms with Crippen LogP contribution < -0.4 is 10.1 Å². The van der Waals surface area contributed by atoms with Gasteiger partial charge in [-0.15, -0.1) is 0 Å². The van der Waals surface area contributed by atoms with Gasteiger partial charge in [0.25, 0.3) is 5.91 Å². The Morgan fingerprint density at radius 2 is 1.70 bits per heavy atom. The Morgan fingerprint density at radius 3 is 2.39 bits per heavy atom. The third kappa shape index (κ3) is 6.22. The van der Waals surface area contributed by atoms with Gasteiger partial charge in [-0.1, -0.05) is 48.0 Å². The number of amides is 1. The molecule has 2 rings (SSSR count). The molecule has 0 fully saturated rings. The second-order valence-corrected chi connectivity index (χ2v) is 5.02. The predicted molar refractivity (Wildman–Crippen MR) is 85.9 cm³/mol. The van der Waals surface area contributed by atoms with Crippen molar-refractivity contribution in [3.8, 4) is 5.75 Å². The van der Waals surface area contributed by atoms with E-state index in [0.717, 1.165) is 11.1 Å². The third-order valence-electron chi connectivity index (χ3n) is 3.06. The summed E-state index contributed by atoms with van der Waals surface area (Å²) >= 11 is 0. The van der Waals surface area contributed by atoms with Gasteiger partial charge in [-0.3, -0.25) is 9.59 Å². The normalized spacial score (nSPS) is 9.96. The van der Waals surface area contributed by atoms with Gasteiger partial charge in [0.2, 0.25) is 0 Å². The van der Waals surface area contributed by atoms with Crippen molar-refractivity contribution < 1.29 is 19.1 Å². The van der Waals surface area contributed by atoms with Crippen molar-refractivity contribution in [2.75, 3.05) is 13.2 Å². The fourth-order valence-electron chi connectivity index (χ4n) is 1.79. The fraction of sp³-hybridized carbons (Fsp3) is 0.222. The summed E-state index contributed by atoms with van der Waals surface area (Å²) in [5.74, 6) is -0.260. The highest BCUT2D eigenvalue weighted by Crippen LogP contribution is 2.07. The number of para-hydroxylation sites is 1. The first kappa shape index (κ1) is 16.5. The van der Waals surface area contributed by atoms with Crippen molar-refractivity contribution in [2.45, 2.75) is 13.5 Å². The first-order chi connectivity index (χ1) is 11.1. The Bertz CT molecular complexity index is 638. The van der Waals surface area contributed by atoms with Crippen LogP contribution in [0.25, 0.3) is 0 Å². The average molecular weight is 313 g/mol. The van der Waals surface area contributed by atoms with Crippen molar-refractivity contribution in [1.82, 2.24) is 5.32 Å². The zero-order valence-corrected chi connectivity index (χ0v) is 13.0. The smallest absolute Gasteiger partial charge is 0.325 e. The molecule has 23 heavy (non-hydrogen) atoms. The summed E-state index contributed by atoms with van der Waals surface area (Å²) in [6.45, 7) is 1.86. The van der Waals surface area contributed by atoms with Crippen molar-refractivity contribution in [1.29, 1.82) is 0 Å². The molecule has 0 unspecified atom stereocenters. The summed E-state index contributed by atoms with van der Waals surface area (Å²) in [4.78, 5) is 23.2. The summed E-state index contributed by atoms with van der Waals surface area (Å²) in [6, 6.07) is 16.7. The number of ether oxygens (including phenoxy) is 2. The Morgan fingerprint density at radius 1 is 1.00 bits per heavy atom. The molecule has 0 aromatic heterocycles. The third-order valence-corrected chi connectivity index (χ3v) is 3.06. The van der Waals surface area contributed by atoms with Crippen LogP contribution in [0.15, 0.2) is 54.6 Å². The van der Waals surface area contributed by atoms with E-state index in [2.05, 4.69) is 5.32 Å². The van der Waals surface area contributed by atoms with Crippen LogP contribution in [0.1, 0.15) is 11.1 Å². The van der Waals surface area contributed by atoms with Crippen LogP contribution in [-0.4, -0.2) is 25.0 Å². The number of hydrogen-bond donors (Lipinski definition) is 1. The molecule has 1 amide bonds. The second-order valence-electron chi connectivity index (χ2n) is 5.02. The van der Waals surface area contributed by atoms with E-state index in [4.69, 9.17) is 9.47 Å². The van der Waals surface area contributed by atoms with Crippen molar-refractivity contribution in [3.63, 3.8) is 0 Å². The molecule has 0 spiro atoms. The van der Waals surface area contributed by atoms with E-state index in [1.54, 1.807) is 12.1 Å². The molecule has 0 aliphatic heterocycles. The van der Waals surface area contributed by atoms with Gasteiger partial charge < -0.3 is 14.8 Å². The van der Waals surface area contributed by atoms with Crippen LogP contribution in [0, 0.1) is 6.92 Å². The minimum atomic E-state index is -0.487. The zero-order chi connectivity index (χ0) is 16.5. The molecular weight excluding hydrogens is 294 g/mol. The van der Waals surface area contributed by atoms with Crippen LogP contribution in [0.2, 0.25) is 0 Å². The lowest BCUT2D eigenvalue weighted by molar-refractivity contribution is -0.145. The summed E-state index contributed by atoms with van der Waals surface area (Å²) in [7, 11) is 0. The lowest BCUT2D eigenvalue weighted by atomic mass is 10.2. The van der Waals surface area contributed by atoms with Gasteiger partial charge in [0.05, 0.1) is 0 Å². The topological polar surface area (TPSA) is 64.6 Å². The Hall–Kier alpha value is -2.82. The van der Waals surface area contributed by atoms with Gasteiger partial charge in [-0.2, -0.15) is 0 Å². The number of hydrogen-bond acceptors (Lipinski definition) is 4. The van der Waals surface area contributed by atoms with E-state index in [9.17, 15) is 9.59 Å². The zero-order valence-electron chi connectivity index (χ0n) is 13.0.